The second-order valence-corrected chi connectivity index (χ2v) is 6.38. The van der Waals surface area contributed by atoms with Gasteiger partial charge >= 0.3 is 0 Å². The molecule has 1 aromatic heterocycles. The lowest BCUT2D eigenvalue weighted by Gasteiger charge is -2.10. The Morgan fingerprint density at radius 3 is 2.44 bits per heavy atom. The minimum absolute atomic E-state index is 0.854. The fourth-order valence-corrected chi connectivity index (χ4v) is 3.63. The first-order valence-electron chi connectivity index (χ1n) is 8.50. The van der Waals surface area contributed by atoms with Crippen molar-refractivity contribution in [3.05, 3.63) is 83.9 Å². The quantitative estimate of drug-likeness (QED) is 0.437. The van der Waals surface area contributed by atoms with Crippen molar-refractivity contribution in [1.29, 1.82) is 0 Å². The molecule has 4 aromatic rings. The highest BCUT2D eigenvalue weighted by Gasteiger charge is 2.19. The standard InChI is InChI=1S/C22H17N3/c1-15-23-19-11-5-3-9-17(19)14-16-8-2-4-10-18(16)22-24-20-12-6-7-13-21(20)25(15)22/h2-13H,14H2,1H3/b23-15+. The number of para-hydroxylation sites is 3. The van der Waals surface area contributed by atoms with Crippen LogP contribution in [0.3, 0.4) is 0 Å². The van der Waals surface area contributed by atoms with Gasteiger partial charge in [0, 0.05) is 12.0 Å². The van der Waals surface area contributed by atoms with E-state index in [9.17, 15) is 0 Å². The van der Waals surface area contributed by atoms with Gasteiger partial charge in [0.2, 0.25) is 0 Å². The Hall–Kier alpha value is -3.20. The number of fused-ring (bicyclic) bond motifs is 6. The molecule has 1 aliphatic heterocycles. The molecule has 0 atom stereocenters. The lowest BCUT2D eigenvalue weighted by atomic mass is 9.98. The summed E-state index contributed by atoms with van der Waals surface area (Å²) in [7, 11) is 0. The molecule has 0 N–H and O–H groups in total. The number of rotatable bonds is 0. The molecule has 120 valence electrons. The molecule has 0 spiro atoms. The van der Waals surface area contributed by atoms with Crippen LogP contribution in [0.5, 0.6) is 0 Å². The van der Waals surface area contributed by atoms with Crippen LogP contribution in [-0.4, -0.2) is 15.4 Å². The summed E-state index contributed by atoms with van der Waals surface area (Å²) < 4.78 is 2.18. The Balaban J connectivity index is 1.93. The van der Waals surface area contributed by atoms with Gasteiger partial charge in [-0.15, -0.1) is 0 Å². The number of hydrogen-bond acceptors (Lipinski definition) is 2. The summed E-state index contributed by atoms with van der Waals surface area (Å²) in [6, 6.07) is 25.2. The number of nitrogens with zero attached hydrogens (tertiary/aromatic N) is 3. The number of benzene rings is 3. The van der Waals surface area contributed by atoms with Crippen molar-refractivity contribution in [2.24, 2.45) is 4.99 Å². The van der Waals surface area contributed by atoms with E-state index in [0.717, 1.165) is 34.8 Å². The monoisotopic (exact) mass is 323 g/mol. The molecule has 2 heterocycles. The Morgan fingerprint density at radius 1 is 0.800 bits per heavy atom. The van der Waals surface area contributed by atoms with Crippen molar-refractivity contribution in [3.63, 3.8) is 0 Å². The van der Waals surface area contributed by atoms with E-state index < -0.39 is 0 Å². The first-order valence-corrected chi connectivity index (χ1v) is 8.50. The molecule has 5 rings (SSSR count). The van der Waals surface area contributed by atoms with Crippen LogP contribution in [0.15, 0.2) is 77.8 Å². The molecule has 1 aliphatic rings. The van der Waals surface area contributed by atoms with Crippen molar-refractivity contribution in [2.45, 2.75) is 13.3 Å². The minimum Gasteiger partial charge on any atom is -0.280 e. The predicted octanol–water partition coefficient (Wildman–Crippen LogP) is 5.21. The molecule has 3 nitrogen and oxygen atoms in total. The molecule has 0 saturated heterocycles. The van der Waals surface area contributed by atoms with Gasteiger partial charge in [-0.25, -0.2) is 9.98 Å². The van der Waals surface area contributed by atoms with Crippen LogP contribution in [0.25, 0.3) is 22.4 Å². The SMILES string of the molecule is C/C1=N\c2ccccc2Cc2ccccc2-c2nc3ccccc3n21. The third kappa shape index (κ3) is 2.20. The Kier molecular flexibility index (Phi) is 3.07. The number of imidazole rings is 1. The van der Waals surface area contributed by atoms with Crippen molar-refractivity contribution in [2.75, 3.05) is 0 Å². The maximum Gasteiger partial charge on any atom is 0.146 e. The number of hydrogen-bond donors (Lipinski definition) is 0. The summed E-state index contributed by atoms with van der Waals surface area (Å²) in [6.45, 7) is 2.06. The number of aliphatic imine (C=N–C) groups is 1. The fraction of sp³-hybridized carbons (Fsp3) is 0.0909. The topological polar surface area (TPSA) is 30.2 Å². The zero-order valence-electron chi connectivity index (χ0n) is 14.0. The van der Waals surface area contributed by atoms with Gasteiger partial charge in [-0.05, 0) is 36.2 Å². The second-order valence-electron chi connectivity index (χ2n) is 6.38. The van der Waals surface area contributed by atoms with Crippen LogP contribution in [0.1, 0.15) is 18.1 Å². The highest BCUT2D eigenvalue weighted by atomic mass is 15.1. The molecule has 0 saturated carbocycles. The fourth-order valence-electron chi connectivity index (χ4n) is 3.63. The van der Waals surface area contributed by atoms with Crippen LogP contribution < -0.4 is 0 Å². The molecule has 3 aromatic carbocycles. The summed E-state index contributed by atoms with van der Waals surface area (Å²) in [4.78, 5) is 9.88. The van der Waals surface area contributed by atoms with Gasteiger partial charge < -0.3 is 0 Å². The Labute approximate surface area is 146 Å². The molecule has 0 fully saturated rings. The van der Waals surface area contributed by atoms with Gasteiger partial charge in [0.25, 0.3) is 0 Å². The van der Waals surface area contributed by atoms with Crippen molar-refractivity contribution < 1.29 is 0 Å². The normalized spacial score (nSPS) is 15.2. The van der Waals surface area contributed by atoms with E-state index in [1.807, 2.05) is 12.1 Å². The van der Waals surface area contributed by atoms with Gasteiger partial charge in [-0.3, -0.25) is 4.57 Å². The third-order valence-electron chi connectivity index (χ3n) is 4.80. The molecule has 3 heteroatoms. The highest BCUT2D eigenvalue weighted by Crippen LogP contribution is 2.33. The molecule has 0 unspecified atom stereocenters. The van der Waals surface area contributed by atoms with E-state index in [1.54, 1.807) is 0 Å². The summed E-state index contributed by atoms with van der Waals surface area (Å²) >= 11 is 0. The average molecular weight is 323 g/mol. The summed E-state index contributed by atoms with van der Waals surface area (Å²) in [5, 5.41) is 0. The maximum absolute atomic E-state index is 4.95. The highest BCUT2D eigenvalue weighted by molar-refractivity contribution is 5.98. The van der Waals surface area contributed by atoms with Gasteiger partial charge in [0.1, 0.15) is 11.7 Å². The maximum atomic E-state index is 4.95. The van der Waals surface area contributed by atoms with E-state index in [-0.39, 0.29) is 0 Å². The molecular formula is C22H17N3. The van der Waals surface area contributed by atoms with Gasteiger partial charge in [-0.2, -0.15) is 0 Å². The van der Waals surface area contributed by atoms with Crippen LogP contribution in [-0.2, 0) is 6.42 Å². The average Bonchev–Trinajstić information content (AvgIpc) is 3.04. The van der Waals surface area contributed by atoms with E-state index in [1.165, 1.54) is 16.7 Å². The van der Waals surface area contributed by atoms with E-state index in [0.29, 0.717) is 0 Å². The smallest absolute Gasteiger partial charge is 0.146 e. The largest absolute Gasteiger partial charge is 0.280 e. The molecule has 25 heavy (non-hydrogen) atoms. The zero-order chi connectivity index (χ0) is 16.8. The van der Waals surface area contributed by atoms with Gasteiger partial charge in [0.05, 0.1) is 16.7 Å². The van der Waals surface area contributed by atoms with Gasteiger partial charge in [-0.1, -0.05) is 54.6 Å². The molecule has 0 bridgehead atoms. The van der Waals surface area contributed by atoms with E-state index >= 15 is 0 Å². The van der Waals surface area contributed by atoms with E-state index in [2.05, 4.69) is 72.2 Å². The first kappa shape index (κ1) is 14.2. The number of aromatic nitrogens is 2. The third-order valence-corrected chi connectivity index (χ3v) is 4.80. The lowest BCUT2D eigenvalue weighted by Crippen LogP contribution is -2.09. The van der Waals surface area contributed by atoms with Crippen LogP contribution >= 0.6 is 0 Å². The molecule has 0 radical (unpaired) electrons. The Morgan fingerprint density at radius 2 is 1.52 bits per heavy atom. The van der Waals surface area contributed by atoms with E-state index in [4.69, 9.17) is 9.98 Å². The Bertz CT molecular complexity index is 1130. The van der Waals surface area contributed by atoms with Crippen molar-refractivity contribution in [1.82, 2.24) is 9.55 Å². The molecular weight excluding hydrogens is 306 g/mol. The van der Waals surface area contributed by atoms with Crippen molar-refractivity contribution in [3.8, 4) is 11.4 Å². The summed E-state index contributed by atoms with van der Waals surface area (Å²) in [5.74, 6) is 1.90. The first-order chi connectivity index (χ1) is 12.3. The van der Waals surface area contributed by atoms with Gasteiger partial charge in [0.15, 0.2) is 0 Å². The second kappa shape index (κ2) is 5.42. The minimum atomic E-state index is 0.854. The van der Waals surface area contributed by atoms with Crippen LogP contribution in [0, 0.1) is 0 Å². The summed E-state index contributed by atoms with van der Waals surface area (Å²) in [5.41, 5.74) is 6.80. The summed E-state index contributed by atoms with van der Waals surface area (Å²) in [6.07, 6.45) is 0.854. The zero-order valence-corrected chi connectivity index (χ0v) is 14.0. The lowest BCUT2D eigenvalue weighted by molar-refractivity contribution is 1.15. The van der Waals surface area contributed by atoms with Crippen LogP contribution in [0.2, 0.25) is 0 Å². The van der Waals surface area contributed by atoms with Crippen molar-refractivity contribution >= 4 is 22.6 Å². The van der Waals surface area contributed by atoms with Crippen LogP contribution in [0.4, 0.5) is 5.69 Å². The molecule has 0 aliphatic carbocycles. The molecule has 0 amide bonds. The predicted molar refractivity (Wildman–Crippen MR) is 103 cm³/mol.